The number of pyridine rings is 1. The van der Waals surface area contributed by atoms with Gasteiger partial charge in [0.25, 0.3) is 0 Å². The Labute approximate surface area is 136 Å². The number of carbonyl (C=O) groups is 1. The molecule has 4 rings (SSSR count). The summed E-state index contributed by atoms with van der Waals surface area (Å²) in [6.45, 7) is 0. The van der Waals surface area contributed by atoms with Gasteiger partial charge in [-0.05, 0) is 36.4 Å². The summed E-state index contributed by atoms with van der Waals surface area (Å²) in [4.78, 5) is 21.5. The molecule has 3 aromatic rings. The molecule has 1 fully saturated rings. The molecule has 0 atom stereocenters. The highest BCUT2D eigenvalue weighted by Gasteiger charge is 2.31. The lowest BCUT2D eigenvalue weighted by Gasteiger charge is -2.10. The molecule has 0 spiro atoms. The van der Waals surface area contributed by atoms with Crippen LogP contribution < -0.4 is 9.47 Å². The molecule has 6 heteroatoms. The first kappa shape index (κ1) is 14.1. The standard InChI is InChI=1S/C17H14N2O3S/c1-21-13-6-11-4-5-18-8-12(11)7-14(13)22-17(20)16-15(10-2-3-10)19-9-23-16/h4-10H,2-3H2,1H3. The molecule has 116 valence electrons. The number of fused-ring (bicyclic) bond motifs is 1. The van der Waals surface area contributed by atoms with Gasteiger partial charge in [-0.3, -0.25) is 4.98 Å². The molecule has 0 N–H and O–H groups in total. The average Bonchev–Trinajstić information content (AvgIpc) is 3.30. The van der Waals surface area contributed by atoms with Crippen LogP contribution in [0, 0.1) is 0 Å². The average molecular weight is 326 g/mol. The van der Waals surface area contributed by atoms with Crippen LogP contribution in [0.3, 0.4) is 0 Å². The van der Waals surface area contributed by atoms with Crippen LogP contribution in [0.25, 0.3) is 10.8 Å². The predicted molar refractivity (Wildman–Crippen MR) is 87.3 cm³/mol. The molecule has 1 aromatic carbocycles. The fourth-order valence-corrected chi connectivity index (χ4v) is 3.28. The molecular formula is C17H14N2O3S. The Morgan fingerprint density at radius 1 is 1.26 bits per heavy atom. The maximum absolute atomic E-state index is 12.5. The molecule has 0 amide bonds. The molecule has 0 saturated heterocycles. The van der Waals surface area contributed by atoms with E-state index in [9.17, 15) is 4.79 Å². The lowest BCUT2D eigenvalue weighted by Crippen LogP contribution is -2.10. The van der Waals surface area contributed by atoms with E-state index in [0.29, 0.717) is 22.3 Å². The van der Waals surface area contributed by atoms with Crippen molar-refractivity contribution in [3.05, 3.63) is 46.7 Å². The number of benzene rings is 1. The summed E-state index contributed by atoms with van der Waals surface area (Å²) in [6.07, 6.45) is 5.63. The number of carbonyl (C=O) groups excluding carboxylic acids is 1. The molecule has 1 aliphatic rings. The van der Waals surface area contributed by atoms with Crippen molar-refractivity contribution < 1.29 is 14.3 Å². The van der Waals surface area contributed by atoms with E-state index in [0.717, 1.165) is 29.3 Å². The van der Waals surface area contributed by atoms with Crippen molar-refractivity contribution in [1.29, 1.82) is 0 Å². The number of hydrogen-bond donors (Lipinski definition) is 0. The van der Waals surface area contributed by atoms with Crippen LogP contribution >= 0.6 is 11.3 Å². The lowest BCUT2D eigenvalue weighted by atomic mass is 10.1. The molecule has 2 aromatic heterocycles. The molecule has 1 saturated carbocycles. The quantitative estimate of drug-likeness (QED) is 0.539. The molecule has 0 unspecified atom stereocenters. The van der Waals surface area contributed by atoms with Crippen molar-refractivity contribution in [3.8, 4) is 11.5 Å². The highest BCUT2D eigenvalue weighted by Crippen LogP contribution is 2.42. The van der Waals surface area contributed by atoms with Gasteiger partial charge in [0.1, 0.15) is 4.88 Å². The van der Waals surface area contributed by atoms with Gasteiger partial charge in [0.2, 0.25) is 0 Å². The van der Waals surface area contributed by atoms with Gasteiger partial charge in [0.15, 0.2) is 11.5 Å². The number of aromatic nitrogens is 2. The monoisotopic (exact) mass is 326 g/mol. The second-order valence-corrected chi connectivity index (χ2v) is 6.31. The number of rotatable bonds is 4. The smallest absolute Gasteiger partial charge is 0.355 e. The minimum absolute atomic E-state index is 0.379. The van der Waals surface area contributed by atoms with Gasteiger partial charge in [-0.2, -0.15) is 0 Å². The van der Waals surface area contributed by atoms with Gasteiger partial charge in [0.05, 0.1) is 18.3 Å². The highest BCUT2D eigenvalue weighted by molar-refractivity contribution is 7.11. The predicted octanol–water partition coefficient (Wildman–Crippen LogP) is 3.80. The summed E-state index contributed by atoms with van der Waals surface area (Å²) in [7, 11) is 1.56. The third kappa shape index (κ3) is 2.66. The van der Waals surface area contributed by atoms with Crippen LogP contribution in [0.5, 0.6) is 11.5 Å². The normalized spacial score (nSPS) is 14.0. The first-order chi connectivity index (χ1) is 11.3. The summed E-state index contributed by atoms with van der Waals surface area (Å²) in [6, 6.07) is 5.50. The van der Waals surface area contributed by atoms with Gasteiger partial charge in [-0.15, -0.1) is 11.3 Å². The van der Waals surface area contributed by atoms with Gasteiger partial charge in [-0.25, -0.2) is 9.78 Å². The minimum Gasteiger partial charge on any atom is -0.493 e. The Balaban J connectivity index is 1.68. The summed E-state index contributed by atoms with van der Waals surface area (Å²) in [5.41, 5.74) is 2.56. The molecule has 1 aliphatic carbocycles. The summed E-state index contributed by atoms with van der Waals surface area (Å²) in [5.74, 6) is 0.949. The summed E-state index contributed by atoms with van der Waals surface area (Å²) >= 11 is 1.32. The van der Waals surface area contributed by atoms with Crippen molar-refractivity contribution in [1.82, 2.24) is 9.97 Å². The molecule has 5 nitrogen and oxygen atoms in total. The van der Waals surface area contributed by atoms with Crippen LogP contribution in [0.1, 0.15) is 34.1 Å². The van der Waals surface area contributed by atoms with Gasteiger partial charge in [-0.1, -0.05) is 0 Å². The van der Waals surface area contributed by atoms with Crippen LogP contribution in [0.4, 0.5) is 0 Å². The van der Waals surface area contributed by atoms with Gasteiger partial charge in [0, 0.05) is 23.7 Å². The number of esters is 1. The van der Waals surface area contributed by atoms with Crippen LogP contribution in [0.2, 0.25) is 0 Å². The van der Waals surface area contributed by atoms with Crippen LogP contribution in [-0.4, -0.2) is 23.0 Å². The van der Waals surface area contributed by atoms with E-state index in [4.69, 9.17) is 9.47 Å². The van der Waals surface area contributed by atoms with E-state index in [-0.39, 0.29) is 5.97 Å². The molecule has 23 heavy (non-hydrogen) atoms. The molecular weight excluding hydrogens is 312 g/mol. The van der Waals surface area contributed by atoms with Crippen molar-refractivity contribution in [2.24, 2.45) is 0 Å². The van der Waals surface area contributed by atoms with Crippen molar-refractivity contribution >= 4 is 28.1 Å². The molecule has 0 aliphatic heterocycles. The van der Waals surface area contributed by atoms with E-state index < -0.39 is 0 Å². The largest absolute Gasteiger partial charge is 0.493 e. The summed E-state index contributed by atoms with van der Waals surface area (Å²) in [5, 5.41) is 1.87. The van der Waals surface area contributed by atoms with E-state index in [1.54, 1.807) is 31.1 Å². The number of nitrogens with zero attached hydrogens (tertiary/aromatic N) is 2. The first-order valence-electron chi connectivity index (χ1n) is 7.33. The summed E-state index contributed by atoms with van der Waals surface area (Å²) < 4.78 is 10.9. The van der Waals surface area contributed by atoms with Gasteiger partial charge < -0.3 is 9.47 Å². The zero-order valence-corrected chi connectivity index (χ0v) is 13.3. The molecule has 0 bridgehead atoms. The fourth-order valence-electron chi connectivity index (χ4n) is 2.53. The van der Waals surface area contributed by atoms with Crippen molar-refractivity contribution in [2.75, 3.05) is 7.11 Å². The maximum Gasteiger partial charge on any atom is 0.355 e. The van der Waals surface area contributed by atoms with Gasteiger partial charge >= 0.3 is 5.97 Å². The number of hydrogen-bond acceptors (Lipinski definition) is 6. The Morgan fingerprint density at radius 3 is 2.87 bits per heavy atom. The number of methoxy groups -OCH3 is 1. The second kappa shape index (κ2) is 5.62. The SMILES string of the molecule is COc1cc2ccncc2cc1OC(=O)c1scnc1C1CC1. The fraction of sp³-hybridized carbons (Fsp3) is 0.235. The molecule has 2 heterocycles. The number of thiazole rings is 1. The zero-order chi connectivity index (χ0) is 15.8. The zero-order valence-electron chi connectivity index (χ0n) is 12.5. The van der Waals surface area contributed by atoms with Crippen molar-refractivity contribution in [2.45, 2.75) is 18.8 Å². The topological polar surface area (TPSA) is 61.3 Å². The van der Waals surface area contributed by atoms with E-state index in [1.807, 2.05) is 12.1 Å². The minimum atomic E-state index is -0.379. The Morgan fingerprint density at radius 2 is 2.09 bits per heavy atom. The number of ether oxygens (including phenoxy) is 2. The second-order valence-electron chi connectivity index (χ2n) is 5.46. The Kier molecular flexibility index (Phi) is 3.46. The highest BCUT2D eigenvalue weighted by atomic mass is 32.1. The Hall–Kier alpha value is -2.47. The maximum atomic E-state index is 12.5. The van der Waals surface area contributed by atoms with Crippen molar-refractivity contribution in [3.63, 3.8) is 0 Å². The van der Waals surface area contributed by atoms with E-state index in [2.05, 4.69) is 9.97 Å². The van der Waals surface area contributed by atoms with E-state index >= 15 is 0 Å². The third-order valence-electron chi connectivity index (χ3n) is 3.87. The van der Waals surface area contributed by atoms with E-state index in [1.165, 1.54) is 11.3 Å². The van der Waals surface area contributed by atoms with Crippen LogP contribution in [0.15, 0.2) is 36.1 Å². The Bertz CT molecular complexity index is 886. The molecule has 0 radical (unpaired) electrons. The third-order valence-corrected chi connectivity index (χ3v) is 4.69. The first-order valence-corrected chi connectivity index (χ1v) is 8.21. The lowest BCUT2D eigenvalue weighted by molar-refractivity contribution is 0.0733. The van der Waals surface area contributed by atoms with Crippen LogP contribution in [-0.2, 0) is 0 Å².